The number of hydrogen-bond acceptors (Lipinski definition) is 3. The van der Waals surface area contributed by atoms with Crippen molar-refractivity contribution in [1.29, 1.82) is 0 Å². The van der Waals surface area contributed by atoms with Gasteiger partial charge in [0.05, 0.1) is 15.5 Å². The van der Waals surface area contributed by atoms with Gasteiger partial charge in [-0.2, -0.15) is 0 Å². The van der Waals surface area contributed by atoms with E-state index in [0.29, 0.717) is 4.95 Å². The molecule has 1 atom stereocenters. The van der Waals surface area contributed by atoms with Crippen LogP contribution >= 0.6 is 27.3 Å². The average Bonchev–Trinajstić information content (AvgIpc) is 2.60. The second-order valence-electron chi connectivity index (χ2n) is 3.85. The molecule has 0 saturated carbocycles. The molecule has 0 radical (unpaired) electrons. The number of halogens is 1. The smallest absolute Gasteiger partial charge is 0.160 e. The van der Waals surface area contributed by atoms with Gasteiger partial charge in [-0.15, -0.1) is 11.3 Å². The number of anilines is 1. The van der Waals surface area contributed by atoms with E-state index in [1.54, 1.807) is 11.3 Å². The zero-order valence-corrected chi connectivity index (χ0v) is 11.1. The molecule has 1 aromatic rings. The first-order valence-corrected chi connectivity index (χ1v) is 6.97. The molecule has 0 aliphatic carbocycles. The molecule has 2 rings (SSSR count). The van der Waals surface area contributed by atoms with Gasteiger partial charge in [0.25, 0.3) is 0 Å². The lowest BCUT2D eigenvalue weighted by molar-refractivity contribution is 0.112. The topological polar surface area (TPSA) is 20.3 Å². The third-order valence-corrected chi connectivity index (χ3v) is 4.85. The normalized spacial score (nSPS) is 21.7. The molecule has 0 aromatic carbocycles. The summed E-state index contributed by atoms with van der Waals surface area (Å²) in [6.45, 7) is 3.12. The van der Waals surface area contributed by atoms with Crippen LogP contribution in [0.4, 0.5) is 5.69 Å². The largest absolute Gasteiger partial charge is 0.358 e. The molecule has 0 amide bonds. The lowest BCUT2D eigenvalue weighted by Crippen LogP contribution is -2.35. The molecule has 82 valence electrons. The Morgan fingerprint density at radius 1 is 1.60 bits per heavy atom. The molecule has 2 heterocycles. The van der Waals surface area contributed by atoms with Crippen LogP contribution in [0, 0.1) is 6.92 Å². The van der Waals surface area contributed by atoms with Crippen molar-refractivity contribution >= 4 is 39.2 Å². The number of aldehydes is 1. The highest BCUT2D eigenvalue weighted by Crippen LogP contribution is 2.34. The number of alkyl halides is 1. The van der Waals surface area contributed by atoms with Gasteiger partial charge in [-0.1, -0.05) is 15.9 Å². The molecule has 0 spiro atoms. The van der Waals surface area contributed by atoms with Gasteiger partial charge in [-0.3, -0.25) is 4.79 Å². The Balaban J connectivity index is 2.27. The molecule has 0 N–H and O–H groups in total. The number of piperidine rings is 1. The lowest BCUT2D eigenvalue weighted by Gasteiger charge is -2.33. The summed E-state index contributed by atoms with van der Waals surface area (Å²) in [5.74, 6) is 0. The molecule has 1 aliphatic rings. The number of nitrogens with zero attached hydrogens (tertiary/aromatic N) is 1. The van der Waals surface area contributed by atoms with Crippen molar-refractivity contribution in [1.82, 2.24) is 0 Å². The van der Waals surface area contributed by atoms with E-state index in [0.717, 1.165) is 23.3 Å². The maximum atomic E-state index is 10.8. The van der Waals surface area contributed by atoms with E-state index in [1.165, 1.54) is 24.9 Å². The quantitative estimate of drug-likeness (QED) is 0.471. The molecule has 1 unspecified atom stereocenters. The van der Waals surface area contributed by atoms with Crippen molar-refractivity contribution < 1.29 is 4.79 Å². The van der Waals surface area contributed by atoms with Gasteiger partial charge in [0.2, 0.25) is 0 Å². The summed E-state index contributed by atoms with van der Waals surface area (Å²) >= 11 is 5.24. The third kappa shape index (κ3) is 2.11. The van der Waals surface area contributed by atoms with Crippen LogP contribution in [0.5, 0.6) is 0 Å². The number of thiophene rings is 1. The molecule has 1 fully saturated rings. The molecular formula is C11H14BrNOS. The van der Waals surface area contributed by atoms with E-state index in [1.807, 2.05) is 6.92 Å². The van der Waals surface area contributed by atoms with E-state index in [2.05, 4.69) is 26.2 Å². The molecule has 4 heteroatoms. The third-order valence-electron chi connectivity index (χ3n) is 2.90. The van der Waals surface area contributed by atoms with Gasteiger partial charge in [-0.25, -0.2) is 0 Å². The van der Waals surface area contributed by atoms with Crippen molar-refractivity contribution in [3.05, 3.63) is 15.8 Å². The minimum atomic E-state index is 0.430. The summed E-state index contributed by atoms with van der Waals surface area (Å²) < 4.78 is 0. The van der Waals surface area contributed by atoms with E-state index in [4.69, 9.17) is 0 Å². The van der Waals surface area contributed by atoms with Gasteiger partial charge < -0.3 is 4.90 Å². The van der Waals surface area contributed by atoms with E-state index < -0.39 is 0 Å². The fourth-order valence-electron chi connectivity index (χ4n) is 1.98. The van der Waals surface area contributed by atoms with Crippen LogP contribution in [-0.4, -0.2) is 17.8 Å². The maximum absolute atomic E-state index is 10.8. The van der Waals surface area contributed by atoms with Crippen LogP contribution in [0.25, 0.3) is 0 Å². The van der Waals surface area contributed by atoms with Crippen LogP contribution in [0.1, 0.15) is 34.5 Å². The highest BCUT2D eigenvalue weighted by molar-refractivity contribution is 9.09. The zero-order chi connectivity index (χ0) is 10.8. The number of carbonyl (C=O) groups is 1. The highest BCUT2D eigenvalue weighted by Gasteiger charge is 2.22. The summed E-state index contributed by atoms with van der Waals surface area (Å²) in [6.07, 6.45) is 4.67. The fraction of sp³-hybridized carbons (Fsp3) is 0.545. The molecule has 1 saturated heterocycles. The Hall–Kier alpha value is -0.350. The first-order valence-electron chi connectivity index (χ1n) is 5.18. The summed E-state index contributed by atoms with van der Waals surface area (Å²) in [5, 5.41) is 2.10. The van der Waals surface area contributed by atoms with Gasteiger partial charge in [-0.05, 0) is 31.7 Å². The number of hydrogen-bond donors (Lipinski definition) is 0. The second kappa shape index (κ2) is 4.66. The first-order chi connectivity index (χ1) is 7.24. The Kier molecular flexibility index (Phi) is 3.46. The average molecular weight is 288 g/mol. The SMILES string of the molecule is Cc1c(N2CCCCC2Br)csc1C=O. The van der Waals surface area contributed by atoms with Gasteiger partial charge in [0, 0.05) is 11.9 Å². The Morgan fingerprint density at radius 2 is 2.40 bits per heavy atom. The van der Waals surface area contributed by atoms with Crippen molar-refractivity contribution in [2.45, 2.75) is 31.1 Å². The Bertz CT molecular complexity index is 363. The highest BCUT2D eigenvalue weighted by atomic mass is 79.9. The lowest BCUT2D eigenvalue weighted by atomic mass is 10.1. The Labute approximate surface area is 102 Å². The van der Waals surface area contributed by atoms with E-state index in [9.17, 15) is 4.79 Å². The van der Waals surface area contributed by atoms with Crippen molar-refractivity contribution in [2.24, 2.45) is 0 Å². The number of rotatable bonds is 2. The molecule has 0 bridgehead atoms. The van der Waals surface area contributed by atoms with E-state index in [-0.39, 0.29) is 0 Å². The molecular weight excluding hydrogens is 274 g/mol. The van der Waals surface area contributed by atoms with Crippen LogP contribution in [0.3, 0.4) is 0 Å². The van der Waals surface area contributed by atoms with Crippen LogP contribution in [0.15, 0.2) is 5.38 Å². The summed E-state index contributed by atoms with van der Waals surface area (Å²) in [6, 6.07) is 0. The van der Waals surface area contributed by atoms with Gasteiger partial charge >= 0.3 is 0 Å². The Morgan fingerprint density at radius 3 is 3.00 bits per heavy atom. The monoisotopic (exact) mass is 287 g/mol. The van der Waals surface area contributed by atoms with Crippen LogP contribution < -0.4 is 4.90 Å². The molecule has 1 aliphatic heterocycles. The summed E-state index contributed by atoms with van der Waals surface area (Å²) in [4.78, 5) is 14.4. The molecule has 15 heavy (non-hydrogen) atoms. The van der Waals surface area contributed by atoms with Gasteiger partial charge in [0.15, 0.2) is 6.29 Å². The predicted molar refractivity (Wildman–Crippen MR) is 68.4 cm³/mol. The van der Waals surface area contributed by atoms with Crippen molar-refractivity contribution in [2.75, 3.05) is 11.4 Å². The van der Waals surface area contributed by atoms with Crippen LogP contribution in [-0.2, 0) is 0 Å². The summed E-state index contributed by atoms with van der Waals surface area (Å²) in [5.41, 5.74) is 2.35. The minimum Gasteiger partial charge on any atom is -0.358 e. The molecule has 2 nitrogen and oxygen atoms in total. The van der Waals surface area contributed by atoms with Crippen molar-refractivity contribution in [3.63, 3.8) is 0 Å². The summed E-state index contributed by atoms with van der Waals surface area (Å²) in [7, 11) is 0. The second-order valence-corrected chi connectivity index (χ2v) is 5.82. The fourth-order valence-corrected chi connectivity index (χ4v) is 3.62. The molecule has 1 aromatic heterocycles. The van der Waals surface area contributed by atoms with E-state index >= 15 is 0 Å². The minimum absolute atomic E-state index is 0.430. The van der Waals surface area contributed by atoms with Crippen LogP contribution in [0.2, 0.25) is 0 Å². The maximum Gasteiger partial charge on any atom is 0.160 e. The predicted octanol–water partition coefficient (Wildman–Crippen LogP) is 3.58. The van der Waals surface area contributed by atoms with Gasteiger partial charge in [0.1, 0.15) is 0 Å². The standard InChI is InChI=1S/C11H14BrNOS/c1-8-9(7-15-10(8)6-14)13-5-3-2-4-11(13)12/h6-7,11H,2-5H2,1H3. The number of carbonyl (C=O) groups excluding carboxylic acids is 1. The zero-order valence-electron chi connectivity index (χ0n) is 8.70. The first kappa shape index (κ1) is 11.1. The van der Waals surface area contributed by atoms with Crippen molar-refractivity contribution in [3.8, 4) is 0 Å².